The average molecular weight is 368 g/mol. The molecule has 0 saturated heterocycles. The topological polar surface area (TPSA) is 93.2 Å². The summed E-state index contributed by atoms with van der Waals surface area (Å²) in [7, 11) is 0. The number of hydrogen-bond acceptors (Lipinski definition) is 6. The Morgan fingerprint density at radius 3 is 2.46 bits per heavy atom. The summed E-state index contributed by atoms with van der Waals surface area (Å²) >= 11 is 0. The van der Waals surface area contributed by atoms with Gasteiger partial charge in [-0.25, -0.2) is 9.78 Å². The molecular weight excluding hydrogens is 353 g/mol. The number of carbonyl (C=O) groups is 2. The van der Waals surface area contributed by atoms with Gasteiger partial charge in [0.2, 0.25) is 0 Å². The molecule has 138 valence electrons. The molecule has 1 atom stereocenters. The summed E-state index contributed by atoms with van der Waals surface area (Å²) in [5.74, 6) is -3.15. The molecule has 0 bridgehead atoms. The molecule has 0 aromatic carbocycles. The van der Waals surface area contributed by atoms with Crippen LogP contribution < -0.4 is 10.6 Å². The highest BCUT2D eigenvalue weighted by Crippen LogP contribution is 2.33. The molecule has 0 aliphatic heterocycles. The molecule has 2 aromatic heterocycles. The second kappa shape index (κ2) is 7.81. The van der Waals surface area contributed by atoms with Crippen LogP contribution >= 0.6 is 0 Å². The van der Waals surface area contributed by atoms with Gasteiger partial charge in [0.25, 0.3) is 5.91 Å². The maximum Gasteiger partial charge on any atom is 0.441 e. The number of alkyl halides is 3. The normalized spacial score (nSPS) is 13.4. The second-order valence-electron chi connectivity index (χ2n) is 5.00. The molecule has 1 amide bonds. The minimum absolute atomic E-state index is 0.159. The van der Waals surface area contributed by atoms with E-state index in [2.05, 4.69) is 14.7 Å². The van der Waals surface area contributed by atoms with Crippen LogP contribution in [0, 0.1) is 0 Å². The average Bonchev–Trinajstić information content (AvgIpc) is 2.62. The van der Waals surface area contributed by atoms with Gasteiger partial charge in [-0.1, -0.05) is 6.07 Å². The predicted octanol–water partition coefficient (Wildman–Crippen LogP) is 2.14. The van der Waals surface area contributed by atoms with Crippen LogP contribution in [0.4, 0.5) is 19.0 Å². The minimum atomic E-state index is -5.23. The SMILES string of the molecule is CCOC(=O)[C@@](NC(=O)c1cccnc1)(Nc1ccccn1)C(F)(F)F. The van der Waals surface area contributed by atoms with E-state index >= 15 is 0 Å². The van der Waals surface area contributed by atoms with Crippen LogP contribution in [-0.4, -0.2) is 40.3 Å². The lowest BCUT2D eigenvalue weighted by atomic mass is 10.1. The summed E-state index contributed by atoms with van der Waals surface area (Å²) in [4.78, 5) is 31.9. The number of hydrogen-bond donors (Lipinski definition) is 2. The molecule has 2 aromatic rings. The molecule has 0 aliphatic rings. The molecule has 26 heavy (non-hydrogen) atoms. The summed E-state index contributed by atoms with van der Waals surface area (Å²) in [6.45, 7) is 1.03. The summed E-state index contributed by atoms with van der Waals surface area (Å²) in [5, 5.41) is 3.64. The summed E-state index contributed by atoms with van der Waals surface area (Å²) in [6, 6.07) is 6.76. The third-order valence-electron chi connectivity index (χ3n) is 3.21. The number of pyridine rings is 2. The first kappa shape index (κ1) is 19.2. The van der Waals surface area contributed by atoms with E-state index in [4.69, 9.17) is 0 Å². The Kier molecular flexibility index (Phi) is 5.75. The zero-order valence-corrected chi connectivity index (χ0v) is 13.6. The largest absolute Gasteiger partial charge is 0.463 e. The van der Waals surface area contributed by atoms with Crippen LogP contribution in [0.3, 0.4) is 0 Å². The van der Waals surface area contributed by atoms with Crippen LogP contribution in [0.15, 0.2) is 48.9 Å². The fourth-order valence-corrected chi connectivity index (χ4v) is 2.00. The van der Waals surface area contributed by atoms with Crippen LogP contribution in [-0.2, 0) is 9.53 Å². The van der Waals surface area contributed by atoms with Gasteiger partial charge in [0.15, 0.2) is 0 Å². The Morgan fingerprint density at radius 2 is 1.92 bits per heavy atom. The molecule has 0 aliphatic carbocycles. The van der Waals surface area contributed by atoms with Crippen molar-refractivity contribution in [1.82, 2.24) is 15.3 Å². The number of nitrogens with one attached hydrogen (secondary N) is 2. The number of esters is 1. The zero-order valence-electron chi connectivity index (χ0n) is 13.6. The number of aromatic nitrogens is 2. The standard InChI is InChI=1S/C16H15F3N4O3/c1-2-26-14(25)15(16(17,18)19,22-12-7-3-4-9-21-12)23-13(24)11-6-5-8-20-10-11/h3-10H,2H2,1H3,(H,21,22)(H,23,24)/t15-/m0/s1. The quantitative estimate of drug-likeness (QED) is 0.599. The Balaban J connectivity index is 2.47. The second-order valence-corrected chi connectivity index (χ2v) is 5.00. The molecule has 0 unspecified atom stereocenters. The Bertz CT molecular complexity index is 756. The lowest BCUT2D eigenvalue weighted by molar-refractivity contribution is -0.204. The van der Waals surface area contributed by atoms with Crippen molar-refractivity contribution in [2.75, 3.05) is 11.9 Å². The van der Waals surface area contributed by atoms with Crippen molar-refractivity contribution in [2.45, 2.75) is 18.8 Å². The first-order chi connectivity index (χ1) is 12.3. The van der Waals surface area contributed by atoms with E-state index in [-0.39, 0.29) is 18.0 Å². The van der Waals surface area contributed by atoms with Crippen LogP contribution in [0.1, 0.15) is 17.3 Å². The Morgan fingerprint density at radius 1 is 1.15 bits per heavy atom. The lowest BCUT2D eigenvalue weighted by Crippen LogP contribution is -2.69. The number of nitrogens with zero attached hydrogens (tertiary/aromatic N) is 2. The van der Waals surface area contributed by atoms with Crippen molar-refractivity contribution in [3.63, 3.8) is 0 Å². The maximum atomic E-state index is 13.9. The monoisotopic (exact) mass is 368 g/mol. The van der Waals surface area contributed by atoms with Gasteiger partial charge in [0, 0.05) is 18.6 Å². The van der Waals surface area contributed by atoms with Gasteiger partial charge in [0.1, 0.15) is 5.82 Å². The van der Waals surface area contributed by atoms with E-state index in [1.165, 1.54) is 49.6 Å². The smallest absolute Gasteiger partial charge is 0.441 e. The first-order valence-electron chi connectivity index (χ1n) is 7.46. The van der Waals surface area contributed by atoms with Gasteiger partial charge in [-0.2, -0.15) is 13.2 Å². The van der Waals surface area contributed by atoms with Crippen LogP contribution in [0.25, 0.3) is 0 Å². The lowest BCUT2D eigenvalue weighted by Gasteiger charge is -2.34. The number of halogens is 3. The molecule has 0 radical (unpaired) electrons. The number of ether oxygens (including phenoxy) is 1. The van der Waals surface area contributed by atoms with E-state index in [0.29, 0.717) is 0 Å². The minimum Gasteiger partial charge on any atom is -0.463 e. The summed E-state index contributed by atoms with van der Waals surface area (Å²) < 4.78 is 46.2. The number of amides is 1. The van der Waals surface area contributed by atoms with E-state index in [1.807, 2.05) is 5.32 Å². The van der Waals surface area contributed by atoms with E-state index < -0.39 is 23.7 Å². The maximum absolute atomic E-state index is 13.9. The molecule has 7 nitrogen and oxygen atoms in total. The molecule has 2 N–H and O–H groups in total. The third-order valence-corrected chi connectivity index (χ3v) is 3.21. The van der Waals surface area contributed by atoms with Crippen molar-refractivity contribution in [3.05, 3.63) is 54.5 Å². The molecule has 2 heterocycles. The Hall–Kier alpha value is -3.17. The van der Waals surface area contributed by atoms with Crippen LogP contribution in [0.5, 0.6) is 0 Å². The summed E-state index contributed by atoms with van der Waals surface area (Å²) in [6.07, 6.45) is -1.57. The Labute approximate surface area is 146 Å². The zero-order chi connectivity index (χ0) is 19.2. The molecule has 2 rings (SSSR count). The van der Waals surface area contributed by atoms with Crippen molar-refractivity contribution in [1.29, 1.82) is 0 Å². The van der Waals surface area contributed by atoms with Gasteiger partial charge in [-0.3, -0.25) is 9.78 Å². The molecule has 10 heteroatoms. The van der Waals surface area contributed by atoms with Crippen molar-refractivity contribution in [2.24, 2.45) is 0 Å². The predicted molar refractivity (Wildman–Crippen MR) is 85.0 cm³/mol. The van der Waals surface area contributed by atoms with Gasteiger partial charge in [0.05, 0.1) is 12.2 Å². The fraction of sp³-hybridized carbons (Fsp3) is 0.250. The fourth-order valence-electron chi connectivity index (χ4n) is 2.00. The van der Waals surface area contributed by atoms with E-state index in [1.54, 1.807) is 5.32 Å². The van der Waals surface area contributed by atoms with Gasteiger partial charge < -0.3 is 15.4 Å². The molecule has 0 spiro atoms. The number of anilines is 1. The van der Waals surface area contributed by atoms with Gasteiger partial charge >= 0.3 is 17.8 Å². The highest BCUT2D eigenvalue weighted by molar-refractivity contribution is 5.99. The molecular formula is C16H15F3N4O3. The highest BCUT2D eigenvalue weighted by atomic mass is 19.4. The van der Waals surface area contributed by atoms with Crippen molar-refractivity contribution in [3.8, 4) is 0 Å². The third kappa shape index (κ3) is 4.08. The summed E-state index contributed by atoms with van der Waals surface area (Å²) in [5.41, 5.74) is -3.68. The van der Waals surface area contributed by atoms with Crippen molar-refractivity contribution >= 4 is 17.7 Å². The van der Waals surface area contributed by atoms with E-state index in [9.17, 15) is 22.8 Å². The molecule has 0 fully saturated rings. The van der Waals surface area contributed by atoms with Crippen molar-refractivity contribution < 1.29 is 27.5 Å². The highest BCUT2D eigenvalue weighted by Gasteiger charge is 2.64. The first-order valence-corrected chi connectivity index (χ1v) is 7.46. The molecule has 0 saturated carbocycles. The van der Waals surface area contributed by atoms with Gasteiger partial charge in [-0.15, -0.1) is 0 Å². The van der Waals surface area contributed by atoms with E-state index in [0.717, 1.165) is 6.20 Å². The number of carbonyl (C=O) groups excluding carboxylic acids is 2. The van der Waals surface area contributed by atoms with Gasteiger partial charge in [-0.05, 0) is 31.2 Å². The van der Waals surface area contributed by atoms with Crippen LogP contribution in [0.2, 0.25) is 0 Å². The number of rotatable bonds is 6.